The Kier molecular flexibility index (Phi) is 5.05. The zero-order chi connectivity index (χ0) is 16.3. The summed E-state index contributed by atoms with van der Waals surface area (Å²) in [7, 11) is 0. The molecule has 0 bridgehead atoms. The van der Waals surface area contributed by atoms with Gasteiger partial charge in [0.1, 0.15) is 6.04 Å². The summed E-state index contributed by atoms with van der Waals surface area (Å²) in [5.41, 5.74) is -0.141. The van der Waals surface area contributed by atoms with Crippen molar-refractivity contribution in [1.82, 2.24) is 10.2 Å². The van der Waals surface area contributed by atoms with Gasteiger partial charge in [0.2, 0.25) is 11.8 Å². The van der Waals surface area contributed by atoms with E-state index in [-0.39, 0.29) is 18.0 Å². The Morgan fingerprint density at radius 3 is 2.73 bits per heavy atom. The molecular weight excluding hydrogens is 297 g/mol. The third-order valence-corrected chi connectivity index (χ3v) is 3.78. The lowest BCUT2D eigenvalue weighted by Crippen LogP contribution is -2.51. The van der Waals surface area contributed by atoms with Crippen LogP contribution < -0.4 is 5.32 Å². The van der Waals surface area contributed by atoms with Crippen molar-refractivity contribution in [3.63, 3.8) is 0 Å². The lowest BCUT2D eigenvalue weighted by atomic mass is 10.0. The van der Waals surface area contributed by atoms with E-state index in [4.69, 9.17) is 0 Å². The minimum absolute atomic E-state index is 0.0899. The monoisotopic (exact) mass is 314 g/mol. The second kappa shape index (κ2) is 6.81. The Morgan fingerprint density at radius 1 is 1.32 bits per heavy atom. The third-order valence-electron chi connectivity index (χ3n) is 3.78. The molecule has 0 aliphatic carbocycles. The van der Waals surface area contributed by atoms with Crippen LogP contribution in [0.25, 0.3) is 0 Å². The number of nitrogens with zero attached hydrogens (tertiary/aromatic N) is 1. The molecule has 22 heavy (non-hydrogen) atoms. The first-order valence-electron chi connectivity index (χ1n) is 7.15. The molecule has 120 valence electrons. The molecule has 1 heterocycles. The highest BCUT2D eigenvalue weighted by Crippen LogP contribution is 2.19. The minimum atomic E-state index is -1.56. The number of benzene rings is 1. The maximum Gasteiger partial charge on any atom is 0.243 e. The lowest BCUT2D eigenvalue weighted by molar-refractivity contribution is -0.143. The Hall–Kier alpha value is -2.05. The molecule has 1 N–H and O–H groups in total. The highest BCUT2D eigenvalue weighted by Gasteiger charge is 2.31. The SMILES string of the molecule is CCN1C(=O)CCC[C@H]1C(=O)NCc1ccc(F)c(F)c1F. The molecule has 0 spiro atoms. The van der Waals surface area contributed by atoms with Crippen LogP contribution in [0.1, 0.15) is 31.7 Å². The van der Waals surface area contributed by atoms with Crippen molar-refractivity contribution >= 4 is 11.8 Å². The molecule has 4 nitrogen and oxygen atoms in total. The van der Waals surface area contributed by atoms with Crippen LogP contribution in [-0.4, -0.2) is 29.3 Å². The molecule has 1 aliphatic rings. The normalized spacial score (nSPS) is 18.5. The first-order valence-corrected chi connectivity index (χ1v) is 7.15. The number of halogens is 3. The topological polar surface area (TPSA) is 49.4 Å². The number of amides is 2. The molecule has 0 radical (unpaired) electrons. The van der Waals surface area contributed by atoms with Crippen molar-refractivity contribution < 1.29 is 22.8 Å². The van der Waals surface area contributed by atoms with E-state index >= 15 is 0 Å². The van der Waals surface area contributed by atoms with E-state index in [1.165, 1.54) is 4.90 Å². The summed E-state index contributed by atoms with van der Waals surface area (Å²) in [4.78, 5) is 25.4. The fourth-order valence-electron chi connectivity index (χ4n) is 2.59. The van der Waals surface area contributed by atoms with Gasteiger partial charge in [0.05, 0.1) is 0 Å². The van der Waals surface area contributed by atoms with Crippen molar-refractivity contribution in [3.05, 3.63) is 35.1 Å². The van der Waals surface area contributed by atoms with E-state index in [1.807, 2.05) is 0 Å². The summed E-state index contributed by atoms with van der Waals surface area (Å²) >= 11 is 0. The van der Waals surface area contributed by atoms with Crippen LogP contribution in [0.4, 0.5) is 13.2 Å². The number of rotatable bonds is 4. The number of carbonyl (C=O) groups is 2. The first-order chi connectivity index (χ1) is 10.5. The predicted molar refractivity (Wildman–Crippen MR) is 73.2 cm³/mol. The Morgan fingerprint density at radius 2 is 2.05 bits per heavy atom. The molecule has 1 saturated heterocycles. The Bertz CT molecular complexity index is 592. The van der Waals surface area contributed by atoms with Crippen LogP contribution in [0, 0.1) is 17.5 Å². The smallest absolute Gasteiger partial charge is 0.243 e. The van der Waals surface area contributed by atoms with Gasteiger partial charge in [-0.3, -0.25) is 9.59 Å². The van der Waals surface area contributed by atoms with Gasteiger partial charge < -0.3 is 10.2 Å². The van der Waals surface area contributed by atoms with E-state index in [1.54, 1.807) is 6.92 Å². The van der Waals surface area contributed by atoms with E-state index in [0.29, 0.717) is 25.8 Å². The maximum atomic E-state index is 13.5. The molecule has 7 heteroatoms. The van der Waals surface area contributed by atoms with Crippen molar-refractivity contribution in [1.29, 1.82) is 0 Å². The van der Waals surface area contributed by atoms with Crippen molar-refractivity contribution in [2.24, 2.45) is 0 Å². The standard InChI is InChI=1S/C15H17F3N2O2/c1-2-20-11(4-3-5-12(20)21)15(22)19-8-9-6-7-10(16)14(18)13(9)17/h6-7,11H,2-5,8H2,1H3,(H,19,22)/t11-/m0/s1. The fraction of sp³-hybridized carbons (Fsp3) is 0.467. The number of nitrogens with one attached hydrogen (secondary N) is 1. The van der Waals surface area contributed by atoms with Crippen LogP contribution in [0.3, 0.4) is 0 Å². The third kappa shape index (κ3) is 3.23. The van der Waals surface area contributed by atoms with Gasteiger partial charge in [-0.1, -0.05) is 6.07 Å². The number of likely N-dealkylation sites (N-methyl/N-ethyl adjacent to an activating group) is 1. The molecular formula is C15H17F3N2O2. The summed E-state index contributed by atoms with van der Waals surface area (Å²) in [6, 6.07) is 1.29. The van der Waals surface area contributed by atoms with E-state index < -0.39 is 29.4 Å². The average molecular weight is 314 g/mol. The number of likely N-dealkylation sites (tertiary alicyclic amines) is 1. The molecule has 1 aromatic carbocycles. The summed E-state index contributed by atoms with van der Waals surface area (Å²) in [6.45, 7) is 1.93. The summed E-state index contributed by atoms with van der Waals surface area (Å²) in [6.07, 6.45) is 1.56. The van der Waals surface area contributed by atoms with Gasteiger partial charge in [0, 0.05) is 25.1 Å². The average Bonchev–Trinajstić information content (AvgIpc) is 2.51. The van der Waals surface area contributed by atoms with Crippen LogP contribution in [0.2, 0.25) is 0 Å². The molecule has 1 aliphatic heterocycles. The van der Waals surface area contributed by atoms with E-state index in [9.17, 15) is 22.8 Å². The minimum Gasteiger partial charge on any atom is -0.350 e. The second-order valence-electron chi connectivity index (χ2n) is 5.14. The second-order valence-corrected chi connectivity index (χ2v) is 5.14. The predicted octanol–water partition coefficient (Wildman–Crippen LogP) is 2.12. The van der Waals surface area contributed by atoms with Crippen molar-refractivity contribution in [3.8, 4) is 0 Å². The van der Waals surface area contributed by atoms with Gasteiger partial charge in [-0.25, -0.2) is 13.2 Å². The van der Waals surface area contributed by atoms with Gasteiger partial charge in [0.15, 0.2) is 17.5 Å². The quantitative estimate of drug-likeness (QED) is 0.866. The molecule has 1 atom stereocenters. The molecule has 0 unspecified atom stereocenters. The van der Waals surface area contributed by atoms with E-state index in [0.717, 1.165) is 12.1 Å². The first kappa shape index (κ1) is 16.3. The fourth-order valence-corrected chi connectivity index (χ4v) is 2.59. The molecule has 0 saturated carbocycles. The van der Waals surface area contributed by atoms with Crippen LogP contribution in [-0.2, 0) is 16.1 Å². The Labute approximate surface area is 126 Å². The number of hydrogen-bond donors (Lipinski definition) is 1. The summed E-state index contributed by atoms with van der Waals surface area (Å²) in [5, 5.41) is 2.48. The van der Waals surface area contributed by atoms with Gasteiger partial charge >= 0.3 is 0 Å². The Balaban J connectivity index is 2.03. The molecule has 2 rings (SSSR count). The highest BCUT2D eigenvalue weighted by molar-refractivity contribution is 5.88. The van der Waals surface area contributed by atoms with Gasteiger partial charge in [-0.15, -0.1) is 0 Å². The largest absolute Gasteiger partial charge is 0.350 e. The lowest BCUT2D eigenvalue weighted by Gasteiger charge is -2.33. The van der Waals surface area contributed by atoms with Crippen molar-refractivity contribution in [2.75, 3.05) is 6.54 Å². The zero-order valence-electron chi connectivity index (χ0n) is 12.2. The van der Waals surface area contributed by atoms with Gasteiger partial charge in [-0.05, 0) is 25.8 Å². The van der Waals surface area contributed by atoms with Crippen LogP contribution in [0.15, 0.2) is 12.1 Å². The van der Waals surface area contributed by atoms with Crippen LogP contribution in [0.5, 0.6) is 0 Å². The molecule has 1 aromatic rings. The molecule has 0 aromatic heterocycles. The van der Waals surface area contributed by atoms with Crippen molar-refractivity contribution in [2.45, 2.75) is 38.8 Å². The highest BCUT2D eigenvalue weighted by atomic mass is 19.2. The zero-order valence-corrected chi connectivity index (χ0v) is 12.2. The van der Waals surface area contributed by atoms with Gasteiger partial charge in [0.25, 0.3) is 0 Å². The van der Waals surface area contributed by atoms with Crippen LogP contribution >= 0.6 is 0 Å². The van der Waals surface area contributed by atoms with Gasteiger partial charge in [-0.2, -0.15) is 0 Å². The molecule has 2 amide bonds. The maximum absolute atomic E-state index is 13.5. The summed E-state index contributed by atoms with van der Waals surface area (Å²) < 4.78 is 39.5. The number of carbonyl (C=O) groups excluding carboxylic acids is 2. The number of piperidine rings is 1. The number of hydrogen-bond acceptors (Lipinski definition) is 2. The van der Waals surface area contributed by atoms with E-state index in [2.05, 4.69) is 5.32 Å². The molecule has 1 fully saturated rings. The summed E-state index contributed by atoms with van der Waals surface area (Å²) in [5.74, 6) is -4.66.